The summed E-state index contributed by atoms with van der Waals surface area (Å²) in [6.07, 6.45) is -1.15. The van der Waals surface area contributed by atoms with Crippen molar-refractivity contribution in [1.29, 1.82) is 0 Å². The summed E-state index contributed by atoms with van der Waals surface area (Å²) >= 11 is 1.82. The Kier molecular flexibility index (Phi) is 26.2. The van der Waals surface area contributed by atoms with Gasteiger partial charge in [0.2, 0.25) is 35.4 Å². The molecule has 87 heavy (non-hydrogen) atoms. The molecule has 2 heterocycles. The van der Waals surface area contributed by atoms with Crippen molar-refractivity contribution in [3.05, 3.63) is 101 Å². The van der Waals surface area contributed by atoms with E-state index >= 15 is 0 Å². The van der Waals surface area contributed by atoms with Crippen LogP contribution in [0.25, 0.3) is 0 Å². The Morgan fingerprint density at radius 3 is 1.76 bits per heavy atom. The molecule has 26 heteroatoms. The van der Waals surface area contributed by atoms with Gasteiger partial charge in [-0.25, -0.2) is 9.59 Å². The number of hydrogen-bond donors (Lipinski definition) is 14. The van der Waals surface area contributed by atoms with Crippen molar-refractivity contribution < 1.29 is 78.3 Å². The Morgan fingerprint density at radius 1 is 0.609 bits per heavy atom. The van der Waals surface area contributed by atoms with Crippen molar-refractivity contribution >= 4 is 76.7 Å². The molecule has 0 aromatic heterocycles. The number of carboxylic acid groups (broad SMARTS) is 2. The van der Waals surface area contributed by atoms with E-state index in [1.165, 1.54) is 62.4 Å². The van der Waals surface area contributed by atoms with Crippen LogP contribution in [0.15, 0.2) is 78.9 Å². The number of phenols is 1. The lowest BCUT2D eigenvalue weighted by molar-refractivity contribution is -0.143. The molecule has 8 amide bonds. The molecule has 2 saturated heterocycles. The van der Waals surface area contributed by atoms with E-state index in [1.807, 2.05) is 18.7 Å². The summed E-state index contributed by atoms with van der Waals surface area (Å²) in [6, 6.07) is 10.1. The molecule has 14 N–H and O–H groups in total. The average molecular weight is 1230 g/mol. The minimum Gasteiger partial charge on any atom is -0.508 e. The van der Waals surface area contributed by atoms with Crippen molar-refractivity contribution in [2.24, 2.45) is 5.92 Å². The molecule has 0 unspecified atom stereocenters. The van der Waals surface area contributed by atoms with E-state index in [0.717, 1.165) is 18.6 Å². The van der Waals surface area contributed by atoms with E-state index in [2.05, 4.69) is 54.8 Å². The summed E-state index contributed by atoms with van der Waals surface area (Å²) in [4.78, 5) is 145. The van der Waals surface area contributed by atoms with Gasteiger partial charge in [-0.05, 0) is 89.0 Å². The molecule has 2 fully saturated rings. The second kappa shape index (κ2) is 32.7. The number of carbonyl (C=O) groups excluding carboxylic acids is 9. The highest BCUT2D eigenvalue weighted by Gasteiger charge is 2.60. The molecular weight excluding hydrogens is 1150 g/mol. The predicted octanol–water partition coefficient (Wildman–Crippen LogP) is 1.52. The summed E-state index contributed by atoms with van der Waals surface area (Å²) in [5, 5.41) is 75.1. The molecule has 0 radical (unpaired) electrons. The van der Waals surface area contributed by atoms with Gasteiger partial charge in [0, 0.05) is 60.8 Å². The van der Waals surface area contributed by atoms with E-state index in [-0.39, 0.29) is 77.0 Å². The average Bonchev–Trinajstić information content (AvgIpc) is 1.76. The molecule has 474 valence electrons. The molecule has 25 nitrogen and oxygen atoms in total. The number of amides is 8. The number of aliphatic carboxylic acids is 2. The lowest BCUT2D eigenvalue weighted by Gasteiger charge is -2.35. The number of phenolic OH excluding ortho intramolecular Hbond substituents is 1. The lowest BCUT2D eigenvalue weighted by Crippen LogP contribution is -2.63. The molecule has 5 rings (SSSR count). The number of unbranched alkanes of at least 4 members (excludes halogenated alkanes) is 2. The summed E-state index contributed by atoms with van der Waals surface area (Å²) in [5.74, 6) is -8.66. The number of carboxylic acids is 2. The second-order valence-electron chi connectivity index (χ2n) is 23.0. The third-order valence-electron chi connectivity index (χ3n) is 15.6. The molecule has 0 bridgehead atoms. The first-order valence-corrected chi connectivity index (χ1v) is 30.2. The largest absolute Gasteiger partial charge is 0.508 e. The van der Waals surface area contributed by atoms with Crippen LogP contribution in [0.1, 0.15) is 126 Å². The van der Waals surface area contributed by atoms with E-state index in [9.17, 15) is 78.3 Å². The first-order valence-electron chi connectivity index (χ1n) is 29.1. The molecule has 2 aliphatic heterocycles. The van der Waals surface area contributed by atoms with Gasteiger partial charge >= 0.3 is 18.0 Å². The van der Waals surface area contributed by atoms with Gasteiger partial charge < -0.3 is 68.1 Å². The lowest BCUT2D eigenvalue weighted by atomic mass is 9.79. The Hall–Kier alpha value is -7.94. The van der Waals surface area contributed by atoms with E-state index in [0.29, 0.717) is 48.9 Å². The van der Waals surface area contributed by atoms with Gasteiger partial charge in [-0.2, -0.15) is 11.8 Å². The molecule has 2 aliphatic rings. The zero-order valence-electron chi connectivity index (χ0n) is 49.8. The number of carbonyl (C=O) groups is 11. The van der Waals surface area contributed by atoms with Gasteiger partial charge in [-0.1, -0.05) is 87.0 Å². The van der Waals surface area contributed by atoms with Crippen molar-refractivity contribution in [3.8, 4) is 5.75 Å². The highest BCUT2D eigenvalue weighted by atomic mass is 32.2. The number of aliphatic hydroxyl groups excluding tert-OH is 2. The summed E-state index contributed by atoms with van der Waals surface area (Å²) < 4.78 is 0. The number of hydrogen-bond acceptors (Lipinski definition) is 16. The van der Waals surface area contributed by atoms with E-state index < -0.39 is 109 Å². The fraction of sp³-hybridized carbons (Fsp3) is 0.525. The maximum Gasteiger partial charge on any atom is 0.326 e. The number of fused-ring (bicyclic) bond motifs is 1. The number of benzene rings is 3. The maximum absolute atomic E-state index is 14.4. The van der Waals surface area contributed by atoms with Crippen LogP contribution in [0, 0.1) is 5.92 Å². The summed E-state index contributed by atoms with van der Waals surface area (Å²) in [5.41, 5.74) is 0.753. The van der Waals surface area contributed by atoms with E-state index in [4.69, 9.17) is 0 Å². The summed E-state index contributed by atoms with van der Waals surface area (Å²) in [7, 11) is 0. The minimum absolute atomic E-state index is 0.0941. The summed E-state index contributed by atoms with van der Waals surface area (Å²) in [6.45, 7) is 9.75. The molecule has 3 aromatic rings. The first kappa shape index (κ1) is 69.8. The van der Waals surface area contributed by atoms with Crippen molar-refractivity contribution in [1.82, 2.24) is 47.9 Å². The number of Topliss-reactive ketones (excluding diaryl/α,β-unsaturated/α-hetero) is 1. The Morgan fingerprint density at radius 2 is 1.15 bits per heavy atom. The third kappa shape index (κ3) is 20.6. The third-order valence-corrected chi connectivity index (χ3v) is 17.5. The van der Waals surface area contributed by atoms with Crippen molar-refractivity contribution in [2.75, 3.05) is 18.8 Å². The monoisotopic (exact) mass is 1230 g/mol. The SMILES string of the molecule is CC(C)[C@H](NC(=O)[C@@H](NCC(=O)CCCCNC(=O)CCCC[C@@H]1SC[C@]2(C)NC(=O)N[C@]12C)[C@@H](C)O)C(=O)N[C@H](C(=O)N[C@@H](Cc1ccc(C(=O)c2ccccc2)cc1)C(=O)N[C@@H](CCC(=O)O)C(=O)N[C@@H](Cc1ccc(O)cc1)C(=O)O)[C@@H](C)O. The van der Waals surface area contributed by atoms with Gasteiger partial charge in [0.1, 0.15) is 47.8 Å². The second-order valence-corrected chi connectivity index (χ2v) is 24.2. The van der Waals surface area contributed by atoms with Crippen molar-refractivity contribution in [3.63, 3.8) is 0 Å². The number of aromatic hydroxyl groups is 1. The molecule has 0 aliphatic carbocycles. The van der Waals surface area contributed by atoms with Crippen LogP contribution in [0.3, 0.4) is 0 Å². The molecular formula is C61H83N9O16S. The number of aliphatic hydroxyl groups is 2. The standard InChI is InChI=1S/C61H83N9O16S/c1-34(2)49(67-56(82)50(35(3)71)63-32-42(74)16-12-13-29-62-47(75)18-11-10-17-46-61(6)60(5,33-87-46)69-59(86)70-61)55(81)68-51(36(4)72)57(83)65-44(30-37-19-23-40(24-20-37)52(78)39-14-8-7-9-15-39)54(80)64-43(27-28-48(76)77)53(79)66-45(58(84)85)31-38-21-25-41(73)26-22-38/h7-9,14-15,19-26,34-36,43-46,49-51,63,71-73H,10-13,16-18,27-33H2,1-6H3,(H,62,75)(H,64,80)(H,65,83)(H,66,79)(H,67,82)(H,68,81)(H,76,77)(H,84,85)(H2,69,70,86)/t35-,36-,43+,44+,45+,46+,49+,50+,51+,60+,61-/m1/s1. The molecule has 11 atom stereocenters. The van der Waals surface area contributed by atoms with E-state index in [1.54, 1.807) is 44.2 Å². The van der Waals surface area contributed by atoms with Crippen LogP contribution >= 0.6 is 11.8 Å². The first-order chi connectivity index (χ1) is 41.1. The molecule has 0 spiro atoms. The number of urea groups is 1. The highest BCUT2D eigenvalue weighted by Crippen LogP contribution is 2.47. The van der Waals surface area contributed by atoms with Crippen molar-refractivity contribution in [2.45, 2.75) is 177 Å². The number of rotatable bonds is 36. The van der Waals surface area contributed by atoms with Crippen LogP contribution < -0.4 is 47.9 Å². The topological polar surface area (TPSA) is 397 Å². The highest BCUT2D eigenvalue weighted by molar-refractivity contribution is 8.00. The van der Waals surface area contributed by atoms with Gasteiger partial charge in [-0.15, -0.1) is 0 Å². The van der Waals surface area contributed by atoms with Gasteiger partial charge in [0.25, 0.3) is 0 Å². The maximum atomic E-state index is 14.4. The van der Waals surface area contributed by atoms with Crippen LogP contribution in [0.5, 0.6) is 5.75 Å². The zero-order valence-corrected chi connectivity index (χ0v) is 50.6. The van der Waals surface area contributed by atoms with Crippen LogP contribution in [0.2, 0.25) is 0 Å². The van der Waals surface area contributed by atoms with Gasteiger partial charge in [0.15, 0.2) is 5.78 Å². The number of nitrogens with one attached hydrogen (secondary N) is 9. The quantitative estimate of drug-likeness (QED) is 0.0223. The Labute approximate surface area is 509 Å². The fourth-order valence-electron chi connectivity index (χ4n) is 10.2. The smallest absolute Gasteiger partial charge is 0.326 e. The Bertz CT molecular complexity index is 2910. The van der Waals surface area contributed by atoms with Gasteiger partial charge in [-0.3, -0.25) is 48.5 Å². The molecule has 0 saturated carbocycles. The normalized spacial score (nSPS) is 19.6. The zero-order chi connectivity index (χ0) is 64.2. The number of ketones is 2. The van der Waals surface area contributed by atoms with Crippen LogP contribution in [-0.4, -0.2) is 174 Å². The van der Waals surface area contributed by atoms with Crippen LogP contribution in [-0.2, 0) is 56.0 Å². The fourth-order valence-corrected chi connectivity index (χ4v) is 12.1. The Balaban J connectivity index is 1.19. The molecule has 3 aromatic carbocycles. The number of thioether (sulfide) groups is 1. The van der Waals surface area contributed by atoms with Crippen LogP contribution in [0.4, 0.5) is 4.79 Å². The van der Waals surface area contributed by atoms with Gasteiger partial charge in [0.05, 0.1) is 29.8 Å². The minimum atomic E-state index is -1.82. The predicted molar refractivity (Wildman–Crippen MR) is 321 cm³/mol.